The third kappa shape index (κ3) is 6.54. The highest BCUT2D eigenvalue weighted by Gasteiger charge is 2.50. The fraction of sp³-hybridized carbons (Fsp3) is 0.565. The molecule has 1 saturated carbocycles. The van der Waals surface area contributed by atoms with Crippen molar-refractivity contribution in [3.63, 3.8) is 0 Å². The molecular weight excluding hydrogens is 561 g/mol. The zero-order valence-corrected chi connectivity index (χ0v) is 21.2. The molecule has 1 saturated heterocycles. The monoisotopic (exact) mass is 586 g/mol. The Morgan fingerprint density at radius 1 is 1.23 bits per heavy atom. The normalized spacial score (nSPS) is 28.2. The standard InChI is InChI=1S/C23H25F7N4O4S/c1-21(35)12-22(26,27)7-5-18(21)38-19-15(23(28,29)30)10-31-20(33-19)32-17-6-8-34(11-16(17)25)39(36,37)14-4-2-3-13(24)9-14/h2-4,9-10,16-18,35H,5-8,11-12H2,1H3,(H,31,32,33)/t16-,17+,18?,21?/m1/s1. The first-order valence-electron chi connectivity index (χ1n) is 11.9. The van der Waals surface area contributed by atoms with Crippen molar-refractivity contribution in [1.29, 1.82) is 0 Å². The summed E-state index contributed by atoms with van der Waals surface area (Å²) in [7, 11) is -4.21. The van der Waals surface area contributed by atoms with Crippen LogP contribution in [0.1, 0.15) is 38.2 Å². The van der Waals surface area contributed by atoms with Crippen molar-refractivity contribution >= 4 is 16.0 Å². The lowest BCUT2D eigenvalue weighted by atomic mass is 9.81. The maximum atomic E-state index is 15.0. The van der Waals surface area contributed by atoms with E-state index in [1.165, 1.54) is 12.1 Å². The number of alkyl halides is 6. The van der Waals surface area contributed by atoms with Gasteiger partial charge in [0.15, 0.2) is 0 Å². The molecule has 1 aromatic heterocycles. The number of aliphatic hydroxyl groups is 1. The molecule has 1 aromatic carbocycles. The second kappa shape index (κ2) is 10.4. The fourth-order valence-electron chi connectivity index (χ4n) is 4.62. The number of hydrogen-bond acceptors (Lipinski definition) is 7. The lowest BCUT2D eigenvalue weighted by molar-refractivity contribution is -0.167. The number of rotatable bonds is 6. The number of aromatic nitrogens is 2. The lowest BCUT2D eigenvalue weighted by Crippen LogP contribution is -2.52. The third-order valence-electron chi connectivity index (χ3n) is 6.65. The fourth-order valence-corrected chi connectivity index (χ4v) is 6.11. The SMILES string of the molecule is CC1(O)CC(F)(F)CCC1Oc1nc(N[C@H]2CCN(S(=O)(=O)c3cccc(F)c3)C[C@H]2F)ncc1C(F)(F)F. The molecule has 0 radical (unpaired) electrons. The molecule has 8 nitrogen and oxygen atoms in total. The van der Waals surface area contributed by atoms with Gasteiger partial charge in [0.2, 0.25) is 21.9 Å². The van der Waals surface area contributed by atoms with Crippen LogP contribution in [0.3, 0.4) is 0 Å². The van der Waals surface area contributed by atoms with Crippen LogP contribution in [0.4, 0.5) is 36.7 Å². The molecule has 2 heterocycles. The van der Waals surface area contributed by atoms with Crippen LogP contribution in [0, 0.1) is 5.82 Å². The van der Waals surface area contributed by atoms with Crippen LogP contribution in [-0.2, 0) is 16.2 Å². The number of anilines is 1. The first-order chi connectivity index (χ1) is 18.0. The van der Waals surface area contributed by atoms with E-state index in [4.69, 9.17) is 4.74 Å². The molecule has 4 atom stereocenters. The van der Waals surface area contributed by atoms with Crippen molar-refractivity contribution in [2.24, 2.45) is 0 Å². The molecule has 1 aliphatic carbocycles. The van der Waals surface area contributed by atoms with Crippen LogP contribution in [0.15, 0.2) is 35.4 Å². The average molecular weight is 587 g/mol. The molecule has 2 aromatic rings. The first kappa shape index (κ1) is 29.3. The minimum absolute atomic E-state index is 0.136. The van der Waals surface area contributed by atoms with E-state index < -0.39 is 95.1 Å². The van der Waals surface area contributed by atoms with E-state index in [0.717, 1.165) is 23.4 Å². The van der Waals surface area contributed by atoms with Crippen molar-refractivity contribution in [1.82, 2.24) is 14.3 Å². The number of ether oxygens (including phenoxy) is 1. The van der Waals surface area contributed by atoms with Crippen molar-refractivity contribution in [3.05, 3.63) is 41.8 Å². The summed E-state index contributed by atoms with van der Waals surface area (Å²) < 4.78 is 128. The highest BCUT2D eigenvalue weighted by molar-refractivity contribution is 7.89. The molecule has 0 spiro atoms. The number of sulfonamides is 1. The van der Waals surface area contributed by atoms with Gasteiger partial charge in [0.1, 0.15) is 29.3 Å². The van der Waals surface area contributed by atoms with Crippen LogP contribution in [0.5, 0.6) is 5.88 Å². The molecule has 1 aliphatic heterocycles. The third-order valence-corrected chi connectivity index (χ3v) is 8.51. The van der Waals surface area contributed by atoms with E-state index in [0.29, 0.717) is 6.20 Å². The summed E-state index contributed by atoms with van der Waals surface area (Å²) in [5.74, 6) is -5.52. The van der Waals surface area contributed by atoms with Gasteiger partial charge in [0, 0.05) is 32.1 Å². The maximum absolute atomic E-state index is 15.0. The van der Waals surface area contributed by atoms with Crippen LogP contribution >= 0.6 is 0 Å². The molecule has 39 heavy (non-hydrogen) atoms. The van der Waals surface area contributed by atoms with Crippen LogP contribution in [0.2, 0.25) is 0 Å². The van der Waals surface area contributed by atoms with E-state index >= 15 is 4.39 Å². The summed E-state index contributed by atoms with van der Waals surface area (Å²) in [6.45, 7) is 0.206. The van der Waals surface area contributed by atoms with Gasteiger partial charge in [-0.2, -0.15) is 22.5 Å². The highest BCUT2D eigenvalue weighted by Crippen LogP contribution is 2.42. The van der Waals surface area contributed by atoms with E-state index in [9.17, 15) is 39.9 Å². The Bertz CT molecular complexity index is 1310. The summed E-state index contributed by atoms with van der Waals surface area (Å²) in [4.78, 5) is 6.90. The Balaban J connectivity index is 1.50. The van der Waals surface area contributed by atoms with Gasteiger partial charge in [-0.15, -0.1) is 0 Å². The first-order valence-corrected chi connectivity index (χ1v) is 13.3. The van der Waals surface area contributed by atoms with Crippen molar-refractivity contribution in [3.8, 4) is 5.88 Å². The molecule has 0 amide bonds. The Morgan fingerprint density at radius 2 is 1.95 bits per heavy atom. The molecule has 4 rings (SSSR count). The van der Waals surface area contributed by atoms with Crippen LogP contribution in [0.25, 0.3) is 0 Å². The van der Waals surface area contributed by atoms with Gasteiger partial charge in [0.05, 0.1) is 10.9 Å². The molecule has 16 heteroatoms. The number of piperidine rings is 1. The molecule has 2 unspecified atom stereocenters. The summed E-state index contributed by atoms with van der Waals surface area (Å²) in [5.41, 5.74) is -3.58. The topological polar surface area (TPSA) is 105 Å². The van der Waals surface area contributed by atoms with Gasteiger partial charge in [0.25, 0.3) is 5.92 Å². The Kier molecular flexibility index (Phi) is 7.77. The van der Waals surface area contributed by atoms with Crippen molar-refractivity contribution in [2.45, 2.75) is 73.5 Å². The van der Waals surface area contributed by atoms with Crippen LogP contribution < -0.4 is 10.1 Å². The summed E-state index contributed by atoms with van der Waals surface area (Å²) in [6.07, 6.45) is -10.2. The molecule has 2 aliphatic rings. The Hall–Kier alpha value is -2.72. The smallest absolute Gasteiger partial charge is 0.423 e. The summed E-state index contributed by atoms with van der Waals surface area (Å²) in [5, 5.41) is 12.9. The van der Waals surface area contributed by atoms with Gasteiger partial charge in [-0.25, -0.2) is 31.0 Å². The lowest BCUT2D eigenvalue weighted by Gasteiger charge is -2.40. The number of hydrogen-bond donors (Lipinski definition) is 2. The zero-order chi connectivity index (χ0) is 28.8. The predicted molar refractivity (Wildman–Crippen MR) is 123 cm³/mol. The summed E-state index contributed by atoms with van der Waals surface area (Å²) in [6, 6.07) is 3.11. The van der Waals surface area contributed by atoms with Crippen molar-refractivity contribution < 1.29 is 49.0 Å². The largest absolute Gasteiger partial charge is 0.471 e. The number of benzene rings is 1. The van der Waals surface area contributed by atoms with E-state index in [1.54, 1.807) is 0 Å². The quantitative estimate of drug-likeness (QED) is 0.490. The van der Waals surface area contributed by atoms with E-state index in [-0.39, 0.29) is 17.9 Å². The number of nitrogens with one attached hydrogen (secondary N) is 1. The van der Waals surface area contributed by atoms with E-state index in [1.807, 2.05) is 0 Å². The second-order valence-electron chi connectivity index (χ2n) is 9.82. The number of halogens is 7. The minimum atomic E-state index is -4.99. The van der Waals surface area contributed by atoms with Gasteiger partial charge < -0.3 is 15.2 Å². The minimum Gasteiger partial charge on any atom is -0.471 e. The Labute approximate surface area is 219 Å². The summed E-state index contributed by atoms with van der Waals surface area (Å²) >= 11 is 0. The molecule has 216 valence electrons. The van der Waals surface area contributed by atoms with Gasteiger partial charge in [-0.05, 0) is 38.0 Å². The van der Waals surface area contributed by atoms with Crippen molar-refractivity contribution in [2.75, 3.05) is 18.4 Å². The number of nitrogens with zero attached hydrogens (tertiary/aromatic N) is 3. The van der Waals surface area contributed by atoms with Gasteiger partial charge >= 0.3 is 6.18 Å². The highest BCUT2D eigenvalue weighted by atomic mass is 32.2. The van der Waals surface area contributed by atoms with Crippen LogP contribution in [-0.4, -0.2) is 70.7 Å². The van der Waals surface area contributed by atoms with E-state index in [2.05, 4.69) is 15.3 Å². The zero-order valence-electron chi connectivity index (χ0n) is 20.4. The molecule has 2 fully saturated rings. The van der Waals surface area contributed by atoms with Gasteiger partial charge in [-0.1, -0.05) is 6.07 Å². The Morgan fingerprint density at radius 3 is 2.56 bits per heavy atom. The predicted octanol–water partition coefficient (Wildman–Crippen LogP) is 4.17. The second-order valence-corrected chi connectivity index (χ2v) is 11.8. The molecule has 2 N–H and O–H groups in total. The maximum Gasteiger partial charge on any atom is 0.423 e. The molecular formula is C23H25F7N4O4S. The van der Waals surface area contributed by atoms with Gasteiger partial charge in [-0.3, -0.25) is 0 Å². The average Bonchev–Trinajstić information content (AvgIpc) is 2.81. The molecule has 0 bridgehead atoms.